The Morgan fingerprint density at radius 1 is 1.04 bits per heavy atom. The molecule has 0 saturated heterocycles. The summed E-state index contributed by atoms with van der Waals surface area (Å²) >= 11 is 6.91. The average Bonchev–Trinajstić information content (AvgIpc) is 3.05. The number of anilines is 2. The second kappa shape index (κ2) is 9.30. The van der Waals surface area contributed by atoms with Gasteiger partial charge in [-0.2, -0.15) is 0 Å². The maximum Gasteiger partial charge on any atom is 0.341 e. The van der Waals surface area contributed by atoms with E-state index in [9.17, 15) is 4.79 Å². The van der Waals surface area contributed by atoms with Crippen LogP contribution >= 0.6 is 23.6 Å². The van der Waals surface area contributed by atoms with Crippen molar-refractivity contribution in [2.24, 2.45) is 0 Å². The van der Waals surface area contributed by atoms with Gasteiger partial charge in [-0.05, 0) is 42.9 Å². The fraction of sp³-hybridized carbons (Fsp3) is 0.143. The summed E-state index contributed by atoms with van der Waals surface area (Å²) in [6.45, 7) is 2.12. The number of rotatable bonds is 6. The summed E-state index contributed by atoms with van der Waals surface area (Å²) in [7, 11) is 0. The summed E-state index contributed by atoms with van der Waals surface area (Å²) in [5.74, 6) is -0.349. The molecule has 0 atom stereocenters. The van der Waals surface area contributed by atoms with Crippen molar-refractivity contribution in [1.82, 2.24) is 0 Å². The number of nitrogens with one attached hydrogen (secondary N) is 2. The van der Waals surface area contributed by atoms with E-state index in [0.717, 1.165) is 17.0 Å². The third kappa shape index (κ3) is 5.39. The van der Waals surface area contributed by atoms with Gasteiger partial charge in [-0.1, -0.05) is 48.5 Å². The zero-order valence-corrected chi connectivity index (χ0v) is 16.5. The van der Waals surface area contributed by atoms with E-state index in [2.05, 4.69) is 22.8 Å². The van der Waals surface area contributed by atoms with Crippen molar-refractivity contribution in [2.75, 3.05) is 17.2 Å². The van der Waals surface area contributed by atoms with Crippen molar-refractivity contribution < 1.29 is 9.53 Å². The van der Waals surface area contributed by atoms with Gasteiger partial charge in [0.1, 0.15) is 5.00 Å². The average molecular weight is 397 g/mol. The summed E-state index contributed by atoms with van der Waals surface area (Å²) in [5.41, 5.74) is 2.57. The molecular weight excluding hydrogens is 376 g/mol. The van der Waals surface area contributed by atoms with Crippen molar-refractivity contribution in [3.63, 3.8) is 0 Å². The molecule has 1 aromatic heterocycles. The van der Waals surface area contributed by atoms with Crippen LogP contribution in [0.15, 0.2) is 66.7 Å². The number of hydrogen-bond acceptors (Lipinski definition) is 4. The van der Waals surface area contributed by atoms with E-state index < -0.39 is 0 Å². The van der Waals surface area contributed by atoms with Crippen LogP contribution in [-0.4, -0.2) is 17.7 Å². The molecule has 0 saturated carbocycles. The van der Waals surface area contributed by atoms with Crippen LogP contribution in [0.25, 0.3) is 0 Å². The normalized spacial score (nSPS) is 10.3. The highest BCUT2D eigenvalue weighted by molar-refractivity contribution is 7.80. The van der Waals surface area contributed by atoms with Gasteiger partial charge in [-0.15, -0.1) is 11.3 Å². The lowest BCUT2D eigenvalue weighted by molar-refractivity contribution is 0.0528. The van der Waals surface area contributed by atoms with Crippen LogP contribution < -0.4 is 10.6 Å². The minimum atomic E-state index is -0.349. The molecule has 0 aliphatic heterocycles. The van der Waals surface area contributed by atoms with Gasteiger partial charge in [-0.25, -0.2) is 4.79 Å². The summed E-state index contributed by atoms with van der Waals surface area (Å²) in [4.78, 5) is 13.4. The van der Waals surface area contributed by atoms with Gasteiger partial charge in [0.15, 0.2) is 5.11 Å². The van der Waals surface area contributed by atoms with E-state index in [4.69, 9.17) is 17.0 Å². The quantitative estimate of drug-likeness (QED) is 0.436. The van der Waals surface area contributed by atoms with Gasteiger partial charge < -0.3 is 15.4 Å². The van der Waals surface area contributed by atoms with Crippen molar-refractivity contribution in [1.29, 1.82) is 0 Å². The highest BCUT2D eigenvalue weighted by atomic mass is 32.1. The fourth-order valence-electron chi connectivity index (χ4n) is 2.57. The van der Waals surface area contributed by atoms with Crippen LogP contribution in [0.1, 0.15) is 27.7 Å². The molecule has 0 bridgehead atoms. The van der Waals surface area contributed by atoms with Crippen LogP contribution in [0.3, 0.4) is 0 Å². The molecule has 0 aliphatic rings. The zero-order chi connectivity index (χ0) is 19.1. The third-order valence-electron chi connectivity index (χ3n) is 3.76. The fourth-order valence-corrected chi connectivity index (χ4v) is 3.93. The molecular formula is C21H20N2O2S2. The Hall–Kier alpha value is -2.70. The van der Waals surface area contributed by atoms with Gasteiger partial charge in [0.2, 0.25) is 0 Å². The first-order valence-electron chi connectivity index (χ1n) is 8.62. The van der Waals surface area contributed by atoms with Gasteiger partial charge in [0, 0.05) is 17.0 Å². The topological polar surface area (TPSA) is 50.4 Å². The highest BCUT2D eigenvalue weighted by Crippen LogP contribution is 2.31. The molecule has 0 radical (unpaired) electrons. The summed E-state index contributed by atoms with van der Waals surface area (Å²) in [6.07, 6.45) is 0.748. The van der Waals surface area contributed by atoms with Crippen molar-refractivity contribution in [2.45, 2.75) is 13.3 Å². The minimum Gasteiger partial charge on any atom is -0.462 e. The smallest absolute Gasteiger partial charge is 0.341 e. The van der Waals surface area contributed by atoms with E-state index in [1.54, 1.807) is 6.92 Å². The van der Waals surface area contributed by atoms with E-state index in [0.29, 0.717) is 22.3 Å². The molecule has 3 aromatic rings. The monoisotopic (exact) mass is 396 g/mol. The Bertz CT molecular complexity index is 908. The number of carbonyl (C=O) groups excluding carboxylic acids is 1. The summed E-state index contributed by atoms with van der Waals surface area (Å²) in [5, 5.41) is 7.38. The Morgan fingerprint density at radius 2 is 1.70 bits per heavy atom. The zero-order valence-electron chi connectivity index (χ0n) is 14.9. The second-order valence-corrected chi connectivity index (χ2v) is 7.33. The lowest BCUT2D eigenvalue weighted by Crippen LogP contribution is -2.20. The molecule has 0 amide bonds. The maximum absolute atomic E-state index is 12.4. The van der Waals surface area contributed by atoms with Crippen LogP contribution in [0.2, 0.25) is 0 Å². The van der Waals surface area contributed by atoms with Crippen LogP contribution in [-0.2, 0) is 11.2 Å². The van der Waals surface area contributed by atoms with Crippen LogP contribution in [0, 0.1) is 0 Å². The van der Waals surface area contributed by atoms with Gasteiger partial charge in [-0.3, -0.25) is 0 Å². The SMILES string of the molecule is CCOC(=O)c1cc(Cc2ccccc2)sc1NC(=S)Nc1ccccc1. The Morgan fingerprint density at radius 3 is 2.37 bits per heavy atom. The number of carbonyl (C=O) groups is 1. The lowest BCUT2D eigenvalue weighted by atomic mass is 10.1. The van der Waals surface area contributed by atoms with Gasteiger partial charge >= 0.3 is 5.97 Å². The highest BCUT2D eigenvalue weighted by Gasteiger charge is 2.18. The minimum absolute atomic E-state index is 0.328. The van der Waals surface area contributed by atoms with Crippen LogP contribution in [0.4, 0.5) is 10.7 Å². The second-order valence-electron chi connectivity index (χ2n) is 5.78. The third-order valence-corrected chi connectivity index (χ3v) is 5.01. The Balaban J connectivity index is 1.79. The molecule has 2 N–H and O–H groups in total. The largest absolute Gasteiger partial charge is 0.462 e. The Labute approximate surface area is 168 Å². The predicted octanol–water partition coefficient (Wildman–Crippen LogP) is 5.32. The Kier molecular flexibility index (Phi) is 6.57. The number of thiocarbonyl (C=S) groups is 1. The molecule has 4 nitrogen and oxygen atoms in total. The molecule has 1 heterocycles. The first kappa shape index (κ1) is 19.1. The predicted molar refractivity (Wildman–Crippen MR) is 116 cm³/mol. The summed E-state index contributed by atoms with van der Waals surface area (Å²) in [6, 6.07) is 21.7. The number of thiophene rings is 1. The van der Waals surface area contributed by atoms with Crippen LogP contribution in [0.5, 0.6) is 0 Å². The standard InChI is InChI=1S/C21H20N2O2S2/c1-2-25-20(24)18-14-17(13-15-9-5-3-6-10-15)27-19(18)23-21(26)22-16-11-7-4-8-12-16/h3-12,14H,2,13H2,1H3,(H2,22,23,26). The lowest BCUT2D eigenvalue weighted by Gasteiger charge is -2.10. The first-order chi connectivity index (χ1) is 13.2. The molecule has 27 heavy (non-hydrogen) atoms. The molecule has 3 rings (SSSR count). The van der Waals surface area contributed by atoms with E-state index >= 15 is 0 Å². The molecule has 0 unspecified atom stereocenters. The number of ether oxygens (including phenoxy) is 1. The molecule has 6 heteroatoms. The molecule has 138 valence electrons. The molecule has 0 fully saturated rings. The van der Waals surface area contributed by atoms with Crippen molar-refractivity contribution in [3.8, 4) is 0 Å². The summed E-state index contributed by atoms with van der Waals surface area (Å²) < 4.78 is 5.20. The van der Waals surface area contributed by atoms with Crippen molar-refractivity contribution >= 4 is 45.3 Å². The molecule has 0 aliphatic carbocycles. The number of hydrogen-bond donors (Lipinski definition) is 2. The van der Waals surface area contributed by atoms with E-state index in [-0.39, 0.29) is 5.97 Å². The van der Waals surface area contributed by atoms with Gasteiger partial charge in [0.25, 0.3) is 0 Å². The number of esters is 1. The van der Waals surface area contributed by atoms with E-state index in [1.165, 1.54) is 16.9 Å². The molecule has 2 aromatic carbocycles. The molecule has 0 spiro atoms. The first-order valence-corrected chi connectivity index (χ1v) is 9.85. The number of para-hydroxylation sites is 1. The van der Waals surface area contributed by atoms with E-state index in [1.807, 2.05) is 54.6 Å². The van der Waals surface area contributed by atoms with Gasteiger partial charge in [0.05, 0.1) is 12.2 Å². The maximum atomic E-state index is 12.4. The van der Waals surface area contributed by atoms with Crippen molar-refractivity contribution in [3.05, 3.63) is 82.7 Å². The number of benzene rings is 2.